The number of rotatable bonds is 8. The predicted molar refractivity (Wildman–Crippen MR) is 200 cm³/mol. The zero-order chi connectivity index (χ0) is 37.9. The number of aryl methyl sites for hydroxylation is 1. The molecule has 1 saturated carbocycles. The number of pyridine rings is 2. The maximum absolute atomic E-state index is 17.9. The van der Waals surface area contributed by atoms with Gasteiger partial charge in [-0.05, 0) is 96.2 Å². The molecule has 2 aromatic heterocycles. The molecule has 2 bridgehead atoms. The molecule has 5 heterocycles. The highest BCUT2D eigenvalue weighted by Crippen LogP contribution is 2.55. The molecule has 4 aromatic rings. The van der Waals surface area contributed by atoms with Crippen LogP contribution in [0.4, 0.5) is 19.4 Å². The first-order valence-electron chi connectivity index (χ1n) is 18.8. The highest BCUT2D eigenvalue weighted by atomic mass is 19.1. The number of carbonyl (C=O) groups is 1. The summed E-state index contributed by atoms with van der Waals surface area (Å²) in [5, 5.41) is 1.79. The van der Waals surface area contributed by atoms with Crippen molar-refractivity contribution in [2.75, 3.05) is 38.5 Å². The molecular formula is C42H46F2N4O6. The van der Waals surface area contributed by atoms with Crippen LogP contribution in [0.1, 0.15) is 82.5 Å². The van der Waals surface area contributed by atoms with E-state index >= 15 is 8.78 Å². The lowest BCUT2D eigenvalue weighted by Gasteiger charge is -2.42. The van der Waals surface area contributed by atoms with Crippen molar-refractivity contribution < 1.29 is 37.3 Å². The number of amides is 1. The third-order valence-corrected chi connectivity index (χ3v) is 11.0. The zero-order valence-corrected chi connectivity index (χ0v) is 31.5. The van der Waals surface area contributed by atoms with Crippen LogP contribution in [0.25, 0.3) is 32.8 Å². The lowest BCUT2D eigenvalue weighted by atomic mass is 9.92. The first-order chi connectivity index (χ1) is 25.9. The minimum absolute atomic E-state index is 0.00341. The zero-order valence-electron chi connectivity index (χ0n) is 31.5. The number of fused-ring (bicyclic) bond motifs is 4. The van der Waals surface area contributed by atoms with E-state index in [4.69, 9.17) is 40.1 Å². The Hall–Kier alpha value is -4.57. The van der Waals surface area contributed by atoms with E-state index in [1.807, 2.05) is 32.6 Å². The van der Waals surface area contributed by atoms with Gasteiger partial charge in [0.2, 0.25) is 0 Å². The molecule has 3 saturated heterocycles. The van der Waals surface area contributed by atoms with Crippen molar-refractivity contribution in [1.82, 2.24) is 14.9 Å². The molecule has 0 spiro atoms. The molecule has 4 aliphatic rings. The molecule has 12 heteroatoms. The van der Waals surface area contributed by atoms with E-state index in [0.29, 0.717) is 76.9 Å². The number of hydrogen-bond acceptors (Lipinski definition) is 9. The van der Waals surface area contributed by atoms with E-state index in [0.717, 1.165) is 32.1 Å². The van der Waals surface area contributed by atoms with E-state index in [-0.39, 0.29) is 41.8 Å². The number of anilines is 1. The van der Waals surface area contributed by atoms with Crippen LogP contribution in [-0.4, -0.2) is 78.5 Å². The van der Waals surface area contributed by atoms with Gasteiger partial charge < -0.3 is 28.6 Å². The second kappa shape index (κ2) is 13.9. The molecule has 284 valence electrons. The average molecular weight is 741 g/mol. The van der Waals surface area contributed by atoms with E-state index < -0.39 is 29.1 Å². The van der Waals surface area contributed by atoms with Crippen molar-refractivity contribution in [2.24, 2.45) is 0 Å². The summed E-state index contributed by atoms with van der Waals surface area (Å²) < 4.78 is 62.7. The molecule has 1 amide bonds. The maximum atomic E-state index is 17.9. The fraction of sp³-hybridized carbons (Fsp3) is 0.500. The molecule has 4 fully saturated rings. The predicted octanol–water partition coefficient (Wildman–Crippen LogP) is 8.12. The Morgan fingerprint density at radius 2 is 1.85 bits per heavy atom. The Kier molecular flexibility index (Phi) is 9.39. The van der Waals surface area contributed by atoms with Gasteiger partial charge in [-0.2, -0.15) is 0 Å². The van der Waals surface area contributed by atoms with Gasteiger partial charge >= 0.3 is 6.09 Å². The smallest absolute Gasteiger partial charge is 0.410 e. The number of benzene rings is 2. The van der Waals surface area contributed by atoms with Crippen LogP contribution in [0, 0.1) is 30.9 Å². The summed E-state index contributed by atoms with van der Waals surface area (Å²) in [5.74, 6) is 2.26. The summed E-state index contributed by atoms with van der Waals surface area (Å²) >= 11 is 0. The topological polar surface area (TPSA) is 95.5 Å². The summed E-state index contributed by atoms with van der Waals surface area (Å²) in [6.45, 7) is 9.07. The van der Waals surface area contributed by atoms with Gasteiger partial charge in [0.05, 0.1) is 23.2 Å². The Balaban J connectivity index is 1.30. The van der Waals surface area contributed by atoms with Crippen molar-refractivity contribution in [2.45, 2.75) is 102 Å². The van der Waals surface area contributed by atoms with Crippen molar-refractivity contribution in [3.8, 4) is 29.4 Å². The molecule has 3 unspecified atom stereocenters. The normalized spacial score (nSPS) is 22.1. The summed E-state index contributed by atoms with van der Waals surface area (Å²) in [5.41, 5.74) is 0.172. The van der Waals surface area contributed by atoms with Gasteiger partial charge in [0.15, 0.2) is 18.9 Å². The standard InChI is InChI=1S/C42H46F2N4O6/c1-7-29-32(43)14-11-25-18-28(52-23-50-6)19-30(34(25)29)38-37(44)35-31(20-45-38)39(46-24(2)36(35)42(15-16-42)53-33-10-8-9-17-51-33)47-21-26-12-13-27(22-47)48(26)40(49)54-41(3,4)5/h1,11,14,18-20,26-27,33H,8-10,12-13,15-17,21-23H2,2-6H3. The number of terminal acetylenes is 1. The van der Waals surface area contributed by atoms with Crippen LogP contribution in [0.15, 0.2) is 30.5 Å². The quantitative estimate of drug-likeness (QED) is 0.131. The van der Waals surface area contributed by atoms with Gasteiger partial charge in [-0.3, -0.25) is 9.88 Å². The number of ether oxygens (including phenoxy) is 5. The molecule has 0 N–H and O–H groups in total. The SMILES string of the molecule is C#Cc1c(F)ccc2cc(OCOC)cc(-c3ncc4c(N5CC6CCC(C5)N6C(=O)OC(C)(C)C)nc(C)c(C5(OC6CCCCO6)CC5)c4c3F)c12. The van der Waals surface area contributed by atoms with E-state index in [1.165, 1.54) is 13.2 Å². The maximum Gasteiger partial charge on any atom is 0.410 e. The number of carbonyl (C=O) groups excluding carboxylic acids is 1. The van der Waals surface area contributed by atoms with Gasteiger partial charge in [0.25, 0.3) is 0 Å². The molecule has 0 radical (unpaired) electrons. The van der Waals surface area contributed by atoms with Gasteiger partial charge in [-0.1, -0.05) is 12.0 Å². The summed E-state index contributed by atoms with van der Waals surface area (Å²) in [6.07, 6.45) is 12.5. The molecule has 10 nitrogen and oxygen atoms in total. The Morgan fingerprint density at radius 3 is 2.50 bits per heavy atom. The average Bonchev–Trinajstić information content (AvgIpc) is 3.85. The van der Waals surface area contributed by atoms with E-state index in [9.17, 15) is 4.79 Å². The minimum Gasteiger partial charge on any atom is -0.468 e. The number of piperazine rings is 1. The Labute approximate surface area is 314 Å². The Morgan fingerprint density at radius 1 is 1.09 bits per heavy atom. The van der Waals surface area contributed by atoms with Crippen molar-refractivity contribution in [3.63, 3.8) is 0 Å². The number of hydrogen-bond donors (Lipinski definition) is 0. The third-order valence-electron chi connectivity index (χ3n) is 11.0. The number of methoxy groups -OCH3 is 1. The van der Waals surface area contributed by atoms with Gasteiger partial charge in [0.1, 0.15) is 28.7 Å². The second-order valence-corrected chi connectivity index (χ2v) is 15.9. The van der Waals surface area contributed by atoms with Crippen LogP contribution < -0.4 is 9.64 Å². The first kappa shape index (κ1) is 36.4. The molecule has 3 aliphatic heterocycles. The largest absolute Gasteiger partial charge is 0.468 e. The number of nitrogens with zero attached hydrogens (tertiary/aromatic N) is 4. The van der Waals surface area contributed by atoms with E-state index in [2.05, 4.69) is 10.8 Å². The second-order valence-electron chi connectivity index (χ2n) is 15.9. The van der Waals surface area contributed by atoms with E-state index in [1.54, 1.807) is 24.4 Å². The summed E-state index contributed by atoms with van der Waals surface area (Å²) in [6, 6.07) is 6.05. The highest BCUT2D eigenvalue weighted by Gasteiger charge is 2.52. The third kappa shape index (κ3) is 6.50. The summed E-state index contributed by atoms with van der Waals surface area (Å²) in [4.78, 5) is 27.3. The van der Waals surface area contributed by atoms with Crippen LogP contribution in [0.5, 0.6) is 5.75 Å². The lowest BCUT2D eigenvalue weighted by Crippen LogP contribution is -2.57. The fourth-order valence-electron chi connectivity index (χ4n) is 8.58. The van der Waals surface area contributed by atoms with Gasteiger partial charge in [-0.15, -0.1) is 6.42 Å². The fourth-order valence-corrected chi connectivity index (χ4v) is 8.58. The lowest BCUT2D eigenvalue weighted by molar-refractivity contribution is -0.199. The minimum atomic E-state index is -0.800. The molecule has 54 heavy (non-hydrogen) atoms. The molecule has 8 rings (SSSR count). The number of aromatic nitrogens is 2. The van der Waals surface area contributed by atoms with Crippen molar-refractivity contribution >= 4 is 33.5 Å². The highest BCUT2D eigenvalue weighted by molar-refractivity contribution is 6.04. The van der Waals surface area contributed by atoms with Crippen LogP contribution in [0.3, 0.4) is 0 Å². The number of halogens is 2. The molecular weight excluding hydrogens is 694 g/mol. The monoisotopic (exact) mass is 740 g/mol. The van der Waals surface area contributed by atoms with Crippen molar-refractivity contribution in [1.29, 1.82) is 0 Å². The van der Waals surface area contributed by atoms with Gasteiger partial charge in [-0.25, -0.2) is 18.6 Å². The Bertz CT molecular complexity index is 2160. The molecule has 2 aromatic carbocycles. The molecule has 3 atom stereocenters. The van der Waals surface area contributed by atoms with Gasteiger partial charge in [0, 0.05) is 66.0 Å². The molecule has 1 aliphatic carbocycles. The van der Waals surface area contributed by atoms with Crippen LogP contribution >= 0.6 is 0 Å². The van der Waals surface area contributed by atoms with Crippen LogP contribution in [0.2, 0.25) is 0 Å². The van der Waals surface area contributed by atoms with Crippen molar-refractivity contribution in [3.05, 3.63) is 58.9 Å². The summed E-state index contributed by atoms with van der Waals surface area (Å²) in [7, 11) is 1.50. The first-order valence-corrected chi connectivity index (χ1v) is 18.8. The van der Waals surface area contributed by atoms with Crippen LogP contribution in [-0.2, 0) is 24.5 Å².